The van der Waals surface area contributed by atoms with Crippen molar-refractivity contribution in [2.24, 2.45) is 0 Å². The normalized spacial score (nSPS) is 16.3. The third-order valence-electron chi connectivity index (χ3n) is 5.75. The Bertz CT molecular complexity index is 1060. The van der Waals surface area contributed by atoms with Gasteiger partial charge in [-0.1, -0.05) is 12.1 Å². The molecule has 1 aliphatic heterocycles. The van der Waals surface area contributed by atoms with E-state index in [0.717, 1.165) is 47.5 Å². The zero-order valence-electron chi connectivity index (χ0n) is 18.4. The fourth-order valence-electron chi connectivity index (χ4n) is 4.03. The summed E-state index contributed by atoms with van der Waals surface area (Å²) in [6.07, 6.45) is 6.35. The van der Waals surface area contributed by atoms with E-state index < -0.39 is 0 Å². The lowest BCUT2D eigenvalue weighted by atomic mass is 9.93. The van der Waals surface area contributed by atoms with Crippen LogP contribution in [0.5, 0.6) is 5.75 Å². The van der Waals surface area contributed by atoms with Gasteiger partial charge < -0.3 is 14.5 Å². The van der Waals surface area contributed by atoms with Crippen molar-refractivity contribution >= 4 is 11.9 Å². The molecule has 31 heavy (non-hydrogen) atoms. The number of hydrogen-bond donors (Lipinski definition) is 1. The summed E-state index contributed by atoms with van der Waals surface area (Å²) in [4.78, 5) is 26.7. The van der Waals surface area contributed by atoms with E-state index in [-0.39, 0.29) is 11.9 Å². The van der Waals surface area contributed by atoms with Crippen LogP contribution in [0.15, 0.2) is 36.7 Å². The predicted octanol–water partition coefficient (Wildman–Crippen LogP) is 3.62. The number of carbonyl (C=O) groups is 1. The number of amides is 1. The number of ether oxygens (including phenoxy) is 1. The topological polar surface area (TPSA) is 87.2 Å². The Labute approximate surface area is 182 Å². The summed E-state index contributed by atoms with van der Waals surface area (Å²) < 4.78 is 5.30. The smallest absolute Gasteiger partial charge is 0.257 e. The molecule has 0 unspecified atom stereocenters. The van der Waals surface area contributed by atoms with Gasteiger partial charge in [-0.05, 0) is 43.9 Å². The second kappa shape index (κ2) is 8.75. The second-order valence-corrected chi connectivity index (χ2v) is 8.01. The lowest BCUT2D eigenvalue weighted by Gasteiger charge is -2.36. The number of nitrogens with zero attached hydrogens (tertiary/aromatic N) is 5. The van der Waals surface area contributed by atoms with Gasteiger partial charge in [0.15, 0.2) is 0 Å². The van der Waals surface area contributed by atoms with Crippen molar-refractivity contribution in [3.63, 3.8) is 0 Å². The number of rotatable bonds is 5. The maximum absolute atomic E-state index is 13.4. The lowest BCUT2D eigenvalue weighted by molar-refractivity contribution is 0.0606. The van der Waals surface area contributed by atoms with E-state index in [2.05, 4.69) is 15.2 Å². The molecule has 1 atom stereocenters. The summed E-state index contributed by atoms with van der Waals surface area (Å²) in [5, 5.41) is 6.91. The summed E-state index contributed by atoms with van der Waals surface area (Å²) in [6.45, 7) is 2.56. The Hall–Kier alpha value is -3.42. The third-order valence-corrected chi connectivity index (χ3v) is 5.75. The number of H-pyrrole nitrogens is 1. The van der Waals surface area contributed by atoms with Gasteiger partial charge >= 0.3 is 0 Å². The molecule has 1 aromatic carbocycles. The van der Waals surface area contributed by atoms with Crippen LogP contribution in [0.25, 0.3) is 11.1 Å². The Balaban J connectivity index is 1.80. The minimum Gasteiger partial charge on any atom is -0.497 e. The molecule has 0 spiro atoms. The first-order valence-electron chi connectivity index (χ1n) is 10.5. The van der Waals surface area contributed by atoms with Gasteiger partial charge in [-0.25, -0.2) is 9.97 Å². The number of likely N-dealkylation sites (tertiary alicyclic amines) is 1. The molecule has 8 heteroatoms. The molecule has 1 fully saturated rings. The highest BCUT2D eigenvalue weighted by Gasteiger charge is 2.33. The maximum Gasteiger partial charge on any atom is 0.257 e. The van der Waals surface area contributed by atoms with Crippen LogP contribution in [0, 0.1) is 6.92 Å². The highest BCUT2D eigenvalue weighted by atomic mass is 16.5. The van der Waals surface area contributed by atoms with Crippen molar-refractivity contribution in [2.75, 3.05) is 32.6 Å². The zero-order valence-corrected chi connectivity index (χ0v) is 18.4. The Morgan fingerprint density at radius 3 is 2.61 bits per heavy atom. The van der Waals surface area contributed by atoms with E-state index in [1.807, 2.05) is 61.3 Å². The van der Waals surface area contributed by atoms with Crippen LogP contribution in [0.1, 0.15) is 47.1 Å². The number of anilines is 1. The Kier molecular flexibility index (Phi) is 5.88. The molecule has 3 aromatic rings. The average molecular weight is 421 g/mol. The minimum absolute atomic E-state index is 0.0124. The van der Waals surface area contributed by atoms with Gasteiger partial charge in [-0.3, -0.25) is 9.89 Å². The molecule has 1 N–H and O–H groups in total. The SMILES string of the molecule is COc1ccc(-c2cnc(N(C)C)nc2[C@@H]2CCCCN2C(=O)c2cn[nH]c2C)cc1. The molecule has 8 nitrogen and oxygen atoms in total. The monoisotopic (exact) mass is 420 g/mol. The number of hydrogen-bond acceptors (Lipinski definition) is 6. The average Bonchev–Trinajstić information content (AvgIpc) is 3.24. The van der Waals surface area contributed by atoms with Crippen molar-refractivity contribution in [1.82, 2.24) is 25.1 Å². The van der Waals surface area contributed by atoms with Gasteiger partial charge in [0.1, 0.15) is 5.75 Å². The number of aromatic nitrogens is 4. The van der Waals surface area contributed by atoms with Crippen LogP contribution in [-0.2, 0) is 0 Å². The van der Waals surface area contributed by atoms with Crippen LogP contribution >= 0.6 is 0 Å². The minimum atomic E-state index is -0.130. The van der Waals surface area contributed by atoms with E-state index >= 15 is 0 Å². The van der Waals surface area contributed by atoms with Crippen LogP contribution in [0.2, 0.25) is 0 Å². The molecule has 4 rings (SSSR count). The number of aryl methyl sites for hydroxylation is 1. The molecule has 1 amide bonds. The van der Waals surface area contributed by atoms with Crippen LogP contribution in [0.4, 0.5) is 5.95 Å². The summed E-state index contributed by atoms with van der Waals surface area (Å²) in [5.74, 6) is 1.41. The summed E-state index contributed by atoms with van der Waals surface area (Å²) in [6, 6.07) is 7.74. The van der Waals surface area contributed by atoms with E-state index in [1.165, 1.54) is 0 Å². The molecule has 0 saturated carbocycles. The molecule has 0 radical (unpaired) electrons. The number of aromatic amines is 1. The van der Waals surface area contributed by atoms with E-state index in [4.69, 9.17) is 9.72 Å². The van der Waals surface area contributed by atoms with Gasteiger partial charge in [0.05, 0.1) is 30.6 Å². The highest BCUT2D eigenvalue weighted by Crippen LogP contribution is 2.37. The molecular weight excluding hydrogens is 392 g/mol. The standard InChI is InChI=1S/C23H28N6O2/c1-15-18(14-25-27-15)22(30)29-12-6-5-7-20(29)21-19(13-24-23(26-21)28(2)3)16-8-10-17(31-4)11-9-16/h8-11,13-14,20H,5-7,12H2,1-4H3,(H,25,27)/t20-/m0/s1. The van der Waals surface area contributed by atoms with E-state index in [0.29, 0.717) is 18.1 Å². The molecule has 162 valence electrons. The highest BCUT2D eigenvalue weighted by molar-refractivity contribution is 5.95. The van der Waals surface area contributed by atoms with Crippen LogP contribution < -0.4 is 9.64 Å². The van der Waals surface area contributed by atoms with Gasteiger partial charge in [0.25, 0.3) is 5.91 Å². The number of methoxy groups -OCH3 is 1. The van der Waals surface area contributed by atoms with Crippen molar-refractivity contribution in [1.29, 1.82) is 0 Å². The molecule has 0 bridgehead atoms. The Morgan fingerprint density at radius 2 is 1.97 bits per heavy atom. The van der Waals surface area contributed by atoms with Gasteiger partial charge in [-0.2, -0.15) is 5.10 Å². The summed E-state index contributed by atoms with van der Waals surface area (Å²) >= 11 is 0. The van der Waals surface area contributed by atoms with E-state index in [9.17, 15) is 4.79 Å². The number of benzene rings is 1. The quantitative estimate of drug-likeness (QED) is 0.678. The van der Waals surface area contributed by atoms with Gasteiger partial charge in [0.2, 0.25) is 5.95 Å². The first-order chi connectivity index (χ1) is 15.0. The fourth-order valence-corrected chi connectivity index (χ4v) is 4.03. The molecule has 0 aliphatic carbocycles. The van der Waals surface area contributed by atoms with Crippen molar-refractivity contribution in [3.05, 3.63) is 53.6 Å². The van der Waals surface area contributed by atoms with E-state index in [1.54, 1.807) is 13.3 Å². The van der Waals surface area contributed by atoms with Crippen molar-refractivity contribution < 1.29 is 9.53 Å². The summed E-state index contributed by atoms with van der Waals surface area (Å²) in [5.41, 5.74) is 4.19. The molecule has 1 aliphatic rings. The zero-order chi connectivity index (χ0) is 22.0. The van der Waals surface area contributed by atoms with Crippen molar-refractivity contribution in [3.8, 4) is 16.9 Å². The number of piperidine rings is 1. The molecule has 1 saturated heterocycles. The molecule has 2 aromatic heterocycles. The largest absolute Gasteiger partial charge is 0.497 e. The number of nitrogens with one attached hydrogen (secondary N) is 1. The van der Waals surface area contributed by atoms with Crippen LogP contribution in [0.3, 0.4) is 0 Å². The Morgan fingerprint density at radius 1 is 1.19 bits per heavy atom. The lowest BCUT2D eigenvalue weighted by Crippen LogP contribution is -2.39. The first-order valence-corrected chi connectivity index (χ1v) is 10.5. The molecular formula is C23H28N6O2. The van der Waals surface area contributed by atoms with Crippen molar-refractivity contribution in [2.45, 2.75) is 32.2 Å². The first kappa shape index (κ1) is 20.8. The fraction of sp³-hybridized carbons (Fsp3) is 0.391. The predicted molar refractivity (Wildman–Crippen MR) is 119 cm³/mol. The summed E-state index contributed by atoms with van der Waals surface area (Å²) in [7, 11) is 5.49. The van der Waals surface area contributed by atoms with Crippen LogP contribution in [-0.4, -0.2) is 58.7 Å². The molecule has 3 heterocycles. The van der Waals surface area contributed by atoms with Gasteiger partial charge in [-0.15, -0.1) is 0 Å². The maximum atomic E-state index is 13.4. The third kappa shape index (κ3) is 4.10. The van der Waals surface area contributed by atoms with Gasteiger partial charge in [0, 0.05) is 38.1 Å². The number of carbonyl (C=O) groups excluding carboxylic acids is 1. The second-order valence-electron chi connectivity index (χ2n) is 8.01.